The van der Waals surface area contributed by atoms with Gasteiger partial charge in [0.1, 0.15) is 0 Å². The third kappa shape index (κ3) is 2.43. The van der Waals surface area contributed by atoms with Gasteiger partial charge in [0.15, 0.2) is 0 Å². The normalized spacial score (nSPS) is 31.0. The second kappa shape index (κ2) is 5.14. The number of carbonyl (C=O) groups is 1. The lowest BCUT2D eigenvalue weighted by atomic mass is 9.85. The van der Waals surface area contributed by atoms with Crippen molar-refractivity contribution in [3.05, 3.63) is 24.0 Å². The van der Waals surface area contributed by atoms with Crippen molar-refractivity contribution in [3.63, 3.8) is 0 Å². The van der Waals surface area contributed by atoms with Crippen LogP contribution in [0.4, 0.5) is 0 Å². The van der Waals surface area contributed by atoms with Crippen molar-refractivity contribution in [2.24, 2.45) is 5.92 Å². The molecule has 1 aliphatic carbocycles. The topological polar surface area (TPSA) is 56.9 Å². The molecule has 98 valence electrons. The Hall–Kier alpha value is -1.29. The molecular formula is C14H21N3O. The first-order valence-corrected chi connectivity index (χ1v) is 6.98. The average Bonchev–Trinajstić information content (AvgIpc) is 3.04. The van der Waals surface area contributed by atoms with Crippen molar-refractivity contribution >= 4 is 5.91 Å². The Bertz CT molecular complexity index is 387. The third-order valence-corrected chi connectivity index (χ3v) is 4.31. The Balaban J connectivity index is 1.51. The van der Waals surface area contributed by atoms with Crippen LogP contribution < -0.4 is 10.6 Å². The predicted octanol–water partition coefficient (Wildman–Crippen LogP) is 1.55. The van der Waals surface area contributed by atoms with Crippen molar-refractivity contribution in [2.75, 3.05) is 0 Å². The van der Waals surface area contributed by atoms with E-state index in [1.54, 1.807) is 0 Å². The third-order valence-electron chi connectivity index (χ3n) is 4.31. The van der Waals surface area contributed by atoms with E-state index in [4.69, 9.17) is 0 Å². The second-order valence-corrected chi connectivity index (χ2v) is 5.54. The minimum absolute atomic E-state index is 0.0250. The molecule has 2 aliphatic rings. The zero-order valence-electron chi connectivity index (χ0n) is 10.6. The molecule has 1 saturated heterocycles. The smallest absolute Gasteiger partial charge is 0.237 e. The number of carbonyl (C=O) groups excluding carboxylic acids is 1. The van der Waals surface area contributed by atoms with Crippen LogP contribution in [0.2, 0.25) is 0 Å². The fourth-order valence-corrected chi connectivity index (χ4v) is 3.30. The van der Waals surface area contributed by atoms with E-state index in [2.05, 4.69) is 15.6 Å². The monoisotopic (exact) mass is 247 g/mol. The Morgan fingerprint density at radius 2 is 2.28 bits per heavy atom. The number of fused-ring (bicyclic) bond motifs is 1. The Labute approximate surface area is 108 Å². The van der Waals surface area contributed by atoms with Gasteiger partial charge >= 0.3 is 0 Å². The summed E-state index contributed by atoms with van der Waals surface area (Å²) in [6, 6.07) is 2.60. The first kappa shape index (κ1) is 11.8. The van der Waals surface area contributed by atoms with Gasteiger partial charge in [-0.1, -0.05) is 12.8 Å². The number of amides is 1. The highest BCUT2D eigenvalue weighted by atomic mass is 16.2. The minimum Gasteiger partial charge on any atom is -0.367 e. The van der Waals surface area contributed by atoms with Crippen LogP contribution in [-0.2, 0) is 11.3 Å². The lowest BCUT2D eigenvalue weighted by Gasteiger charge is -2.24. The zero-order chi connectivity index (χ0) is 12.4. The molecule has 1 saturated carbocycles. The maximum absolute atomic E-state index is 12.1. The first-order valence-electron chi connectivity index (χ1n) is 6.98. The van der Waals surface area contributed by atoms with E-state index < -0.39 is 0 Å². The van der Waals surface area contributed by atoms with Crippen molar-refractivity contribution in [2.45, 2.75) is 50.7 Å². The minimum atomic E-state index is 0.0250. The fraction of sp³-hybridized carbons (Fsp3) is 0.643. The van der Waals surface area contributed by atoms with E-state index in [1.807, 2.05) is 18.5 Å². The van der Waals surface area contributed by atoms with Crippen molar-refractivity contribution in [1.29, 1.82) is 0 Å². The van der Waals surface area contributed by atoms with E-state index in [9.17, 15) is 4.79 Å². The maximum atomic E-state index is 12.1. The molecule has 0 spiro atoms. The summed E-state index contributed by atoms with van der Waals surface area (Å²) < 4.78 is 0. The van der Waals surface area contributed by atoms with Gasteiger partial charge in [-0.3, -0.25) is 4.79 Å². The number of H-pyrrole nitrogens is 1. The Kier molecular flexibility index (Phi) is 3.37. The van der Waals surface area contributed by atoms with E-state index in [0.717, 1.165) is 17.9 Å². The van der Waals surface area contributed by atoms with E-state index in [1.165, 1.54) is 25.7 Å². The van der Waals surface area contributed by atoms with E-state index >= 15 is 0 Å². The van der Waals surface area contributed by atoms with Gasteiger partial charge in [-0.15, -0.1) is 0 Å². The molecule has 1 amide bonds. The molecule has 3 rings (SSSR count). The highest BCUT2D eigenvalue weighted by molar-refractivity contribution is 5.82. The standard InChI is InChI=1S/C14H21N3O/c18-14(16-9-10-5-6-15-8-10)13-7-11-3-1-2-4-12(11)17-13/h5-6,8,11-13,15,17H,1-4,7,9H2,(H,16,18). The molecule has 0 radical (unpaired) electrons. The van der Waals surface area contributed by atoms with Gasteiger partial charge in [-0.05, 0) is 36.8 Å². The predicted molar refractivity (Wildman–Crippen MR) is 69.9 cm³/mol. The number of rotatable bonds is 3. The Morgan fingerprint density at radius 3 is 3.06 bits per heavy atom. The first-order chi connectivity index (χ1) is 8.83. The van der Waals surface area contributed by atoms with Gasteiger partial charge in [0.2, 0.25) is 5.91 Å². The van der Waals surface area contributed by atoms with E-state index in [0.29, 0.717) is 12.6 Å². The Morgan fingerprint density at radius 1 is 1.39 bits per heavy atom. The molecule has 0 aromatic carbocycles. The molecule has 4 nitrogen and oxygen atoms in total. The molecule has 1 aromatic rings. The van der Waals surface area contributed by atoms with Crippen molar-refractivity contribution < 1.29 is 4.79 Å². The molecule has 2 heterocycles. The highest BCUT2D eigenvalue weighted by Crippen LogP contribution is 2.33. The van der Waals surface area contributed by atoms with Crippen LogP contribution in [-0.4, -0.2) is 23.0 Å². The summed E-state index contributed by atoms with van der Waals surface area (Å²) in [7, 11) is 0. The average molecular weight is 247 g/mol. The summed E-state index contributed by atoms with van der Waals surface area (Å²) in [5.41, 5.74) is 1.12. The number of aromatic amines is 1. The van der Waals surface area contributed by atoms with Crippen LogP contribution in [0.25, 0.3) is 0 Å². The van der Waals surface area contributed by atoms with Crippen molar-refractivity contribution in [1.82, 2.24) is 15.6 Å². The van der Waals surface area contributed by atoms with Gasteiger partial charge in [-0.2, -0.15) is 0 Å². The van der Waals surface area contributed by atoms with Crippen LogP contribution in [0.5, 0.6) is 0 Å². The van der Waals surface area contributed by atoms with Gasteiger partial charge in [-0.25, -0.2) is 0 Å². The number of nitrogens with one attached hydrogen (secondary N) is 3. The maximum Gasteiger partial charge on any atom is 0.237 e. The van der Waals surface area contributed by atoms with Gasteiger partial charge < -0.3 is 15.6 Å². The molecular weight excluding hydrogens is 226 g/mol. The van der Waals surface area contributed by atoms with Crippen LogP contribution in [0.15, 0.2) is 18.5 Å². The van der Waals surface area contributed by atoms with Gasteiger partial charge in [0.05, 0.1) is 6.04 Å². The molecule has 18 heavy (non-hydrogen) atoms. The lowest BCUT2D eigenvalue weighted by Crippen LogP contribution is -2.42. The summed E-state index contributed by atoms with van der Waals surface area (Å²) in [6.07, 6.45) is 9.99. The quantitative estimate of drug-likeness (QED) is 0.759. The van der Waals surface area contributed by atoms with Gasteiger partial charge in [0, 0.05) is 25.0 Å². The van der Waals surface area contributed by atoms with Gasteiger partial charge in [0.25, 0.3) is 0 Å². The van der Waals surface area contributed by atoms with Crippen LogP contribution >= 0.6 is 0 Å². The fourth-order valence-electron chi connectivity index (χ4n) is 3.30. The lowest BCUT2D eigenvalue weighted by molar-refractivity contribution is -0.123. The summed E-state index contributed by atoms with van der Waals surface area (Å²) in [5.74, 6) is 0.882. The summed E-state index contributed by atoms with van der Waals surface area (Å²) in [5, 5.41) is 6.52. The van der Waals surface area contributed by atoms with E-state index in [-0.39, 0.29) is 11.9 Å². The number of aromatic nitrogens is 1. The van der Waals surface area contributed by atoms with Crippen molar-refractivity contribution in [3.8, 4) is 0 Å². The summed E-state index contributed by atoms with van der Waals surface area (Å²) in [6.45, 7) is 0.621. The second-order valence-electron chi connectivity index (χ2n) is 5.54. The molecule has 0 bridgehead atoms. The summed E-state index contributed by atoms with van der Waals surface area (Å²) in [4.78, 5) is 15.1. The highest BCUT2D eigenvalue weighted by Gasteiger charge is 2.37. The molecule has 1 aromatic heterocycles. The zero-order valence-corrected chi connectivity index (χ0v) is 10.6. The van der Waals surface area contributed by atoms with Crippen LogP contribution in [0, 0.1) is 5.92 Å². The molecule has 3 N–H and O–H groups in total. The van der Waals surface area contributed by atoms with Crippen LogP contribution in [0.3, 0.4) is 0 Å². The largest absolute Gasteiger partial charge is 0.367 e. The van der Waals surface area contributed by atoms with Crippen LogP contribution in [0.1, 0.15) is 37.7 Å². The molecule has 2 fully saturated rings. The number of hydrogen-bond acceptors (Lipinski definition) is 2. The summed E-state index contributed by atoms with van der Waals surface area (Å²) >= 11 is 0. The molecule has 4 heteroatoms. The molecule has 3 unspecified atom stereocenters. The number of hydrogen-bond donors (Lipinski definition) is 3. The molecule has 1 aliphatic heterocycles. The molecule has 3 atom stereocenters. The SMILES string of the molecule is O=C(NCc1cc[nH]c1)C1CC2CCCCC2N1.